The van der Waals surface area contributed by atoms with E-state index in [4.69, 9.17) is 19.2 Å². The number of rotatable bonds is 4. The maximum atomic E-state index is 12.3. The predicted molar refractivity (Wildman–Crippen MR) is 80.4 cm³/mol. The molecule has 0 aliphatic heterocycles. The minimum absolute atomic E-state index is 0.150. The zero-order valence-electron chi connectivity index (χ0n) is 12.8. The summed E-state index contributed by atoms with van der Waals surface area (Å²) in [5.74, 6) is 1.33. The standard InChI is InChI=1S/C16H16N2O4/c1-9-10(2)22-16(12(9)8-17)18-15(19)11-5-6-13(20-3)14(7-11)21-4/h5-7H,1-4H3,(H,18,19). The number of methoxy groups -OCH3 is 2. The van der Waals surface area contributed by atoms with Gasteiger partial charge in [-0.1, -0.05) is 0 Å². The Morgan fingerprint density at radius 1 is 1.23 bits per heavy atom. The van der Waals surface area contributed by atoms with Gasteiger partial charge in [0.15, 0.2) is 11.5 Å². The number of carbonyl (C=O) groups is 1. The van der Waals surface area contributed by atoms with E-state index in [0.29, 0.717) is 33.9 Å². The third kappa shape index (κ3) is 2.74. The van der Waals surface area contributed by atoms with E-state index < -0.39 is 5.91 Å². The molecule has 0 unspecified atom stereocenters. The van der Waals surface area contributed by atoms with Crippen molar-refractivity contribution in [2.75, 3.05) is 19.5 Å². The van der Waals surface area contributed by atoms with Gasteiger partial charge in [-0.25, -0.2) is 0 Å². The summed E-state index contributed by atoms with van der Waals surface area (Å²) in [4.78, 5) is 12.3. The molecular weight excluding hydrogens is 284 g/mol. The van der Waals surface area contributed by atoms with Gasteiger partial charge in [-0.2, -0.15) is 5.26 Å². The molecule has 0 atom stereocenters. The summed E-state index contributed by atoms with van der Waals surface area (Å²) in [6.07, 6.45) is 0. The summed E-state index contributed by atoms with van der Waals surface area (Å²) in [6.45, 7) is 3.51. The second kappa shape index (κ2) is 6.22. The molecule has 6 heteroatoms. The van der Waals surface area contributed by atoms with Gasteiger partial charge in [-0.05, 0) is 32.0 Å². The van der Waals surface area contributed by atoms with E-state index in [1.165, 1.54) is 14.2 Å². The van der Waals surface area contributed by atoms with Crippen LogP contribution < -0.4 is 14.8 Å². The summed E-state index contributed by atoms with van der Waals surface area (Å²) in [6, 6.07) is 6.83. The average Bonchev–Trinajstić information content (AvgIpc) is 2.80. The second-order valence-electron chi connectivity index (χ2n) is 4.62. The first-order valence-corrected chi connectivity index (χ1v) is 6.55. The number of aryl methyl sites for hydroxylation is 1. The molecule has 0 fully saturated rings. The molecule has 0 spiro atoms. The van der Waals surface area contributed by atoms with Gasteiger partial charge in [0.05, 0.1) is 14.2 Å². The molecule has 2 aromatic rings. The number of hydrogen-bond donors (Lipinski definition) is 1. The summed E-state index contributed by atoms with van der Waals surface area (Å²) in [5, 5.41) is 11.8. The normalized spacial score (nSPS) is 9.95. The topological polar surface area (TPSA) is 84.5 Å². The van der Waals surface area contributed by atoms with Crippen LogP contribution in [-0.2, 0) is 0 Å². The molecule has 0 bridgehead atoms. The minimum atomic E-state index is -0.397. The van der Waals surface area contributed by atoms with Crippen LogP contribution >= 0.6 is 0 Å². The Hall–Kier alpha value is -2.94. The first kappa shape index (κ1) is 15.4. The first-order valence-electron chi connectivity index (χ1n) is 6.55. The van der Waals surface area contributed by atoms with E-state index in [9.17, 15) is 4.79 Å². The molecule has 22 heavy (non-hydrogen) atoms. The number of anilines is 1. The van der Waals surface area contributed by atoms with Gasteiger partial charge >= 0.3 is 0 Å². The zero-order chi connectivity index (χ0) is 16.3. The van der Waals surface area contributed by atoms with Crippen molar-refractivity contribution in [3.05, 3.63) is 40.6 Å². The number of amides is 1. The average molecular weight is 300 g/mol. The van der Waals surface area contributed by atoms with E-state index in [1.54, 1.807) is 32.0 Å². The van der Waals surface area contributed by atoms with Crippen molar-refractivity contribution in [1.29, 1.82) is 5.26 Å². The van der Waals surface area contributed by atoms with Crippen molar-refractivity contribution >= 4 is 11.8 Å². The predicted octanol–water partition coefficient (Wildman–Crippen LogP) is 3.04. The fraction of sp³-hybridized carbons (Fsp3) is 0.250. The number of carbonyl (C=O) groups excluding carboxylic acids is 1. The minimum Gasteiger partial charge on any atom is -0.493 e. The molecule has 0 aliphatic rings. The van der Waals surface area contributed by atoms with Crippen molar-refractivity contribution in [3.63, 3.8) is 0 Å². The molecule has 0 aliphatic carbocycles. The van der Waals surface area contributed by atoms with Crippen LogP contribution in [0.3, 0.4) is 0 Å². The third-order valence-electron chi connectivity index (χ3n) is 3.37. The lowest BCUT2D eigenvalue weighted by molar-refractivity contribution is 0.102. The molecule has 1 N–H and O–H groups in total. The molecule has 114 valence electrons. The fourth-order valence-electron chi connectivity index (χ4n) is 2.00. The number of nitrogens with zero attached hydrogens (tertiary/aromatic N) is 1. The SMILES string of the molecule is COc1ccc(C(=O)Nc2oc(C)c(C)c2C#N)cc1OC. The molecule has 0 radical (unpaired) electrons. The number of nitrogens with one attached hydrogen (secondary N) is 1. The molecule has 2 rings (SSSR count). The Balaban J connectivity index is 2.30. The molecule has 6 nitrogen and oxygen atoms in total. The third-order valence-corrected chi connectivity index (χ3v) is 3.37. The Kier molecular flexibility index (Phi) is 4.37. The van der Waals surface area contributed by atoms with Gasteiger partial charge in [0.2, 0.25) is 5.88 Å². The summed E-state index contributed by atoms with van der Waals surface area (Å²) in [7, 11) is 3.01. The molecule has 1 amide bonds. The van der Waals surface area contributed by atoms with Gasteiger partial charge in [0.25, 0.3) is 5.91 Å². The number of nitriles is 1. The Labute approximate surface area is 128 Å². The van der Waals surface area contributed by atoms with Gasteiger partial charge in [-0.3, -0.25) is 10.1 Å². The van der Waals surface area contributed by atoms with E-state index in [0.717, 1.165) is 0 Å². The maximum Gasteiger partial charge on any atom is 0.258 e. The highest BCUT2D eigenvalue weighted by Gasteiger charge is 2.18. The molecule has 1 aromatic carbocycles. The zero-order valence-corrected chi connectivity index (χ0v) is 12.8. The van der Waals surface area contributed by atoms with Gasteiger partial charge in [0.1, 0.15) is 17.4 Å². The highest BCUT2D eigenvalue weighted by Crippen LogP contribution is 2.29. The van der Waals surface area contributed by atoms with Crippen LogP contribution in [0.1, 0.15) is 27.2 Å². The van der Waals surface area contributed by atoms with Crippen LogP contribution in [-0.4, -0.2) is 20.1 Å². The van der Waals surface area contributed by atoms with E-state index in [2.05, 4.69) is 5.32 Å². The van der Waals surface area contributed by atoms with Crippen LogP contribution in [0.4, 0.5) is 5.88 Å². The lowest BCUT2D eigenvalue weighted by Crippen LogP contribution is -2.12. The van der Waals surface area contributed by atoms with Crippen molar-refractivity contribution in [3.8, 4) is 17.6 Å². The quantitative estimate of drug-likeness (QED) is 0.938. The van der Waals surface area contributed by atoms with Crippen LogP contribution in [0.2, 0.25) is 0 Å². The van der Waals surface area contributed by atoms with Crippen LogP contribution in [0.15, 0.2) is 22.6 Å². The van der Waals surface area contributed by atoms with Crippen molar-refractivity contribution in [2.24, 2.45) is 0 Å². The van der Waals surface area contributed by atoms with Gasteiger partial charge < -0.3 is 13.9 Å². The Morgan fingerprint density at radius 3 is 2.50 bits per heavy atom. The Morgan fingerprint density at radius 2 is 1.91 bits per heavy atom. The fourth-order valence-corrected chi connectivity index (χ4v) is 2.00. The van der Waals surface area contributed by atoms with Crippen LogP contribution in [0, 0.1) is 25.2 Å². The van der Waals surface area contributed by atoms with Crippen molar-refractivity contribution in [1.82, 2.24) is 0 Å². The van der Waals surface area contributed by atoms with Crippen LogP contribution in [0.5, 0.6) is 11.5 Å². The molecule has 0 saturated heterocycles. The second-order valence-corrected chi connectivity index (χ2v) is 4.62. The maximum absolute atomic E-state index is 12.3. The smallest absolute Gasteiger partial charge is 0.258 e. The summed E-state index contributed by atoms with van der Waals surface area (Å²) >= 11 is 0. The first-order chi connectivity index (χ1) is 10.5. The highest BCUT2D eigenvalue weighted by molar-refractivity contribution is 6.04. The van der Waals surface area contributed by atoms with E-state index in [-0.39, 0.29) is 5.88 Å². The molecule has 1 heterocycles. The number of benzene rings is 1. The van der Waals surface area contributed by atoms with Gasteiger partial charge in [0, 0.05) is 11.1 Å². The number of furan rings is 1. The largest absolute Gasteiger partial charge is 0.493 e. The Bertz CT molecular complexity index is 756. The number of ether oxygens (including phenoxy) is 2. The van der Waals surface area contributed by atoms with Gasteiger partial charge in [-0.15, -0.1) is 0 Å². The van der Waals surface area contributed by atoms with E-state index in [1.807, 2.05) is 6.07 Å². The molecule has 1 aromatic heterocycles. The summed E-state index contributed by atoms with van der Waals surface area (Å²) < 4.78 is 15.7. The summed E-state index contributed by atoms with van der Waals surface area (Å²) in [5.41, 5.74) is 1.41. The molecular formula is C16H16N2O4. The van der Waals surface area contributed by atoms with E-state index >= 15 is 0 Å². The molecule has 0 saturated carbocycles. The van der Waals surface area contributed by atoms with Crippen molar-refractivity contribution < 1.29 is 18.7 Å². The van der Waals surface area contributed by atoms with Crippen LogP contribution in [0.25, 0.3) is 0 Å². The number of hydrogen-bond acceptors (Lipinski definition) is 5. The lowest BCUT2D eigenvalue weighted by atomic mass is 10.1. The lowest BCUT2D eigenvalue weighted by Gasteiger charge is -2.09. The highest BCUT2D eigenvalue weighted by atomic mass is 16.5. The monoisotopic (exact) mass is 300 g/mol. The van der Waals surface area contributed by atoms with Crippen molar-refractivity contribution in [2.45, 2.75) is 13.8 Å².